The van der Waals surface area contributed by atoms with Crippen LogP contribution in [0.25, 0.3) is 126 Å². The number of thiophene rings is 1. The highest BCUT2D eigenvalue weighted by atomic mass is 32.1. The Morgan fingerprint density at radius 3 is 1.94 bits per heavy atom. The topological polar surface area (TPSA) is 56.7 Å². The summed E-state index contributed by atoms with van der Waals surface area (Å²) in [5, 5.41) is 4.73. The van der Waals surface area contributed by atoms with Crippen LogP contribution in [0, 0.1) is 0 Å². The monoisotopic (exact) mass is 828 g/mol. The fourth-order valence-corrected chi connectivity index (χ4v) is 10.2. The molecule has 5 nitrogen and oxygen atoms in total. The first kappa shape index (κ1) is 29.9. The predicted molar refractivity (Wildman–Crippen MR) is 262 cm³/mol. The van der Waals surface area contributed by atoms with Crippen molar-refractivity contribution in [2.24, 2.45) is 0 Å². The van der Waals surface area contributed by atoms with Crippen molar-refractivity contribution in [1.82, 2.24) is 19.5 Å². The van der Waals surface area contributed by atoms with Crippen LogP contribution in [-0.4, -0.2) is 19.5 Å². The van der Waals surface area contributed by atoms with Crippen LogP contribution in [0.15, 0.2) is 211 Å². The van der Waals surface area contributed by atoms with Gasteiger partial charge in [-0.25, -0.2) is 4.98 Å². The molecule has 0 atom stereocenters. The lowest BCUT2D eigenvalue weighted by atomic mass is 9.99. The molecule has 294 valence electrons. The van der Waals surface area contributed by atoms with Crippen LogP contribution in [0.1, 0.15) is 8.22 Å². The summed E-state index contributed by atoms with van der Waals surface area (Å²) in [7, 11) is 0. The minimum absolute atomic E-state index is 0.0101. The minimum atomic E-state index is -0.343. The molecule has 0 aliphatic rings. The number of hydrogen-bond acceptors (Lipinski definition) is 5. The van der Waals surface area contributed by atoms with E-state index in [-0.39, 0.29) is 75.5 Å². The largest absolute Gasteiger partial charge is 0.456 e. The van der Waals surface area contributed by atoms with Gasteiger partial charge in [-0.1, -0.05) is 164 Å². The van der Waals surface area contributed by atoms with E-state index in [4.69, 9.17) is 23.5 Å². The number of aromatic nitrogens is 4. The van der Waals surface area contributed by atoms with Crippen LogP contribution in [0.3, 0.4) is 0 Å². The number of para-hydroxylation sites is 1. The molecule has 63 heavy (non-hydrogen) atoms. The van der Waals surface area contributed by atoms with Crippen molar-refractivity contribution in [3.63, 3.8) is 0 Å². The van der Waals surface area contributed by atoms with Gasteiger partial charge in [0.2, 0.25) is 5.95 Å². The smallest absolute Gasteiger partial charge is 0.238 e. The Morgan fingerprint density at radius 2 is 1.13 bits per heavy atom. The van der Waals surface area contributed by atoms with Gasteiger partial charge in [-0.15, -0.1) is 11.3 Å². The summed E-state index contributed by atoms with van der Waals surface area (Å²) in [4.78, 5) is 15.4. The first-order chi connectivity index (χ1) is 33.7. The van der Waals surface area contributed by atoms with Gasteiger partial charge in [-0.2, -0.15) is 9.97 Å². The molecule has 4 heterocycles. The number of nitrogens with zero attached hydrogens (tertiary/aromatic N) is 4. The van der Waals surface area contributed by atoms with Crippen molar-refractivity contribution in [3.8, 4) is 62.1 Å². The molecule has 0 fully saturated rings. The summed E-state index contributed by atoms with van der Waals surface area (Å²) in [5.74, 6) is 0.537. The maximum atomic E-state index is 9.79. The zero-order valence-electron chi connectivity index (χ0n) is 39.3. The summed E-state index contributed by atoms with van der Waals surface area (Å²) < 4.78 is 66.3. The van der Waals surface area contributed by atoms with Crippen molar-refractivity contribution in [2.45, 2.75) is 0 Å². The minimum Gasteiger partial charge on any atom is -0.456 e. The molecule has 0 radical (unpaired) electrons. The second kappa shape index (κ2) is 14.2. The van der Waals surface area contributed by atoms with E-state index in [0.29, 0.717) is 22.5 Å². The van der Waals surface area contributed by atoms with Crippen molar-refractivity contribution >= 4 is 75.3 Å². The van der Waals surface area contributed by atoms with Gasteiger partial charge >= 0.3 is 0 Å². The van der Waals surface area contributed by atoms with Crippen molar-refractivity contribution in [2.75, 3.05) is 0 Å². The third-order valence-electron chi connectivity index (χ3n) is 11.8. The molecule has 4 aromatic heterocycles. The van der Waals surface area contributed by atoms with Crippen molar-refractivity contribution in [3.05, 3.63) is 206 Å². The summed E-state index contributed by atoms with van der Waals surface area (Å²) in [5.41, 5.74) is 7.37. The van der Waals surface area contributed by atoms with Crippen molar-refractivity contribution < 1.29 is 12.6 Å². The quantitative estimate of drug-likeness (QED) is 0.168. The van der Waals surface area contributed by atoms with Gasteiger partial charge in [0.1, 0.15) is 11.2 Å². The maximum Gasteiger partial charge on any atom is 0.238 e. The maximum absolute atomic E-state index is 9.79. The molecule has 6 heteroatoms. The van der Waals surface area contributed by atoms with E-state index in [1.54, 1.807) is 23.5 Å². The summed E-state index contributed by atoms with van der Waals surface area (Å²) in [6.45, 7) is 0. The lowest BCUT2D eigenvalue weighted by Gasteiger charge is -2.12. The molecule has 0 N–H and O–H groups in total. The highest BCUT2D eigenvalue weighted by Crippen LogP contribution is 2.46. The van der Waals surface area contributed by atoms with Gasteiger partial charge in [0.15, 0.2) is 11.6 Å². The Morgan fingerprint density at radius 1 is 0.444 bits per heavy atom. The highest BCUT2D eigenvalue weighted by Gasteiger charge is 2.22. The number of fused-ring (bicyclic) bond motifs is 10. The Balaban J connectivity index is 1.10. The molecule has 13 aromatic rings. The molecule has 0 spiro atoms. The highest BCUT2D eigenvalue weighted by molar-refractivity contribution is 7.27. The van der Waals surface area contributed by atoms with Gasteiger partial charge in [0.25, 0.3) is 0 Å². The average molecular weight is 829 g/mol. The normalized spacial score (nSPS) is 13.1. The second-order valence-electron chi connectivity index (χ2n) is 15.4. The van der Waals surface area contributed by atoms with Crippen LogP contribution in [0.4, 0.5) is 0 Å². The van der Waals surface area contributed by atoms with Crippen LogP contribution < -0.4 is 0 Å². The number of hydrogen-bond donors (Lipinski definition) is 0. The molecular weight excluding hydrogens is 789 g/mol. The van der Waals surface area contributed by atoms with Crippen LogP contribution >= 0.6 is 11.3 Å². The lowest BCUT2D eigenvalue weighted by Crippen LogP contribution is -2.06. The molecule has 0 aliphatic heterocycles. The molecular formula is C57H34N4OS. The Bertz CT molecular complexity index is 4270. The van der Waals surface area contributed by atoms with Gasteiger partial charge in [-0.3, -0.25) is 4.57 Å². The van der Waals surface area contributed by atoms with Crippen LogP contribution in [0.2, 0.25) is 0 Å². The summed E-state index contributed by atoms with van der Waals surface area (Å²) in [6.07, 6.45) is 0. The van der Waals surface area contributed by atoms with E-state index in [1.807, 2.05) is 102 Å². The third kappa shape index (κ3) is 5.73. The Kier molecular flexibility index (Phi) is 6.75. The van der Waals surface area contributed by atoms with E-state index < -0.39 is 0 Å². The molecule has 9 aromatic carbocycles. The van der Waals surface area contributed by atoms with Gasteiger partial charge < -0.3 is 4.42 Å². The molecule has 13 rings (SSSR count). The van der Waals surface area contributed by atoms with E-state index in [0.717, 1.165) is 54.1 Å². The van der Waals surface area contributed by atoms with Crippen LogP contribution in [-0.2, 0) is 0 Å². The zero-order valence-corrected chi connectivity index (χ0v) is 34.1. The van der Waals surface area contributed by atoms with E-state index >= 15 is 0 Å². The summed E-state index contributed by atoms with van der Waals surface area (Å²) in [6, 6.07) is 54.6. The van der Waals surface area contributed by atoms with E-state index in [1.165, 1.54) is 10.1 Å². The average Bonchev–Trinajstić information content (AvgIpc) is 4.09. The second-order valence-corrected chi connectivity index (χ2v) is 16.5. The van der Waals surface area contributed by atoms with E-state index in [2.05, 4.69) is 60.7 Å². The molecule has 0 bridgehead atoms. The fraction of sp³-hybridized carbons (Fsp3) is 0. The summed E-state index contributed by atoms with van der Waals surface area (Å²) >= 11 is 1.75. The SMILES string of the molecule is [2H]c1c([2H])c(-c2ccccc2)c2c(oc3c([2H])c(-c4nc(-c5cccc(-c6ccccc6)c5)nc(-n5c6ccccc6c6c7sc8cccc(-c9ccccc9)c8c7ccc65)n4)c([2H])c([2H])c32)c1[2H]. The fourth-order valence-electron chi connectivity index (χ4n) is 8.96. The van der Waals surface area contributed by atoms with Crippen LogP contribution in [0.5, 0.6) is 0 Å². The van der Waals surface area contributed by atoms with Gasteiger partial charge in [0.05, 0.1) is 19.3 Å². The third-order valence-corrected chi connectivity index (χ3v) is 13.0. The number of benzene rings is 9. The Labute approximate surface area is 374 Å². The predicted octanol–water partition coefficient (Wildman–Crippen LogP) is 15.6. The molecule has 0 amide bonds. The molecule has 0 saturated heterocycles. The zero-order chi connectivity index (χ0) is 46.7. The standard InChI is InChI=1S/C57H34N4OS/c1-4-15-35(16-5-1)38-21-12-22-39(33-38)55-58-56(40-29-30-44-49(34-40)62-48-27-13-24-41(51(44)48)36-17-6-2-7-18-36)60-57(59-55)61-46-26-11-10-23-43(46)53-47(61)32-31-45-52-42(37-19-8-3-9-20-37)25-14-28-50(52)63-54(45)53/h1-34H/i13D,24D,27D,29D,30D,34D. The first-order valence-corrected chi connectivity index (χ1v) is 21.4. The molecule has 0 unspecified atom stereocenters. The van der Waals surface area contributed by atoms with Crippen molar-refractivity contribution in [1.29, 1.82) is 0 Å². The molecule has 0 aliphatic carbocycles. The number of rotatable bonds is 6. The number of furan rings is 1. The van der Waals surface area contributed by atoms with Gasteiger partial charge in [0, 0.05) is 52.8 Å². The van der Waals surface area contributed by atoms with E-state index in [9.17, 15) is 4.11 Å². The lowest BCUT2D eigenvalue weighted by molar-refractivity contribution is 0.669. The van der Waals surface area contributed by atoms with Gasteiger partial charge in [-0.05, 0) is 75.8 Å². The Hall–Kier alpha value is -8.19. The first-order valence-electron chi connectivity index (χ1n) is 23.6. The molecule has 0 saturated carbocycles.